The highest BCUT2D eigenvalue weighted by molar-refractivity contribution is 7.15. The van der Waals surface area contributed by atoms with Gasteiger partial charge in [0.05, 0.1) is 5.69 Å². The minimum absolute atomic E-state index is 0.263. The van der Waals surface area contributed by atoms with Gasteiger partial charge in [-0.3, -0.25) is 10.1 Å². The van der Waals surface area contributed by atoms with Gasteiger partial charge in [0.1, 0.15) is 5.69 Å². The first-order valence-electron chi connectivity index (χ1n) is 7.20. The van der Waals surface area contributed by atoms with Crippen molar-refractivity contribution in [1.29, 1.82) is 0 Å². The molecule has 0 aliphatic heterocycles. The molecule has 0 atom stereocenters. The maximum absolute atomic E-state index is 12.3. The van der Waals surface area contributed by atoms with Gasteiger partial charge in [-0.05, 0) is 44.7 Å². The molecule has 22 heavy (non-hydrogen) atoms. The van der Waals surface area contributed by atoms with Crippen molar-refractivity contribution in [3.8, 4) is 0 Å². The molecule has 0 bridgehead atoms. The summed E-state index contributed by atoms with van der Waals surface area (Å²) in [7, 11) is 0. The Morgan fingerprint density at radius 1 is 1.27 bits per heavy atom. The van der Waals surface area contributed by atoms with Crippen molar-refractivity contribution in [2.45, 2.75) is 32.6 Å². The van der Waals surface area contributed by atoms with Gasteiger partial charge in [0.25, 0.3) is 5.91 Å². The summed E-state index contributed by atoms with van der Waals surface area (Å²) in [6.45, 7) is 1.80. The van der Waals surface area contributed by atoms with Crippen molar-refractivity contribution in [3.05, 3.63) is 34.2 Å². The van der Waals surface area contributed by atoms with E-state index in [2.05, 4.69) is 25.6 Å². The first-order chi connectivity index (χ1) is 10.7. The average Bonchev–Trinajstić information content (AvgIpc) is 3.10. The lowest BCUT2D eigenvalue weighted by Gasteiger charge is -2.06. The summed E-state index contributed by atoms with van der Waals surface area (Å²) < 4.78 is 1.56. The van der Waals surface area contributed by atoms with Gasteiger partial charge in [-0.25, -0.2) is 4.98 Å². The zero-order valence-corrected chi connectivity index (χ0v) is 12.9. The molecule has 0 fully saturated rings. The summed E-state index contributed by atoms with van der Waals surface area (Å²) in [5.74, 6) is 0.385. The molecule has 1 aliphatic rings. The van der Waals surface area contributed by atoms with Gasteiger partial charge in [0.15, 0.2) is 16.6 Å². The van der Waals surface area contributed by atoms with Gasteiger partial charge in [0, 0.05) is 4.88 Å². The number of thiazole rings is 1. The Bertz CT molecular complexity index is 844. The van der Waals surface area contributed by atoms with Crippen molar-refractivity contribution in [2.24, 2.45) is 0 Å². The number of carbonyl (C=O) groups is 1. The second-order valence-electron chi connectivity index (χ2n) is 5.29. The fourth-order valence-corrected chi connectivity index (χ4v) is 3.63. The molecular weight excluding hydrogens is 300 g/mol. The molecule has 1 aliphatic carbocycles. The molecule has 4 rings (SSSR count). The van der Waals surface area contributed by atoms with Crippen LogP contribution in [-0.4, -0.2) is 30.7 Å². The molecule has 0 aromatic carbocycles. The van der Waals surface area contributed by atoms with Crippen LogP contribution in [0.4, 0.5) is 5.13 Å². The maximum atomic E-state index is 12.3. The van der Waals surface area contributed by atoms with E-state index in [9.17, 15) is 4.79 Å². The molecule has 3 heterocycles. The summed E-state index contributed by atoms with van der Waals surface area (Å²) in [6, 6.07) is 3.38. The SMILES string of the molecule is Cc1nnc2ccc(C(=O)Nc3nc4c(s3)CCCC4)nn12. The molecule has 112 valence electrons. The van der Waals surface area contributed by atoms with Crippen molar-refractivity contribution < 1.29 is 4.79 Å². The summed E-state index contributed by atoms with van der Waals surface area (Å²) in [5, 5.41) is 15.7. The Hall–Kier alpha value is -2.35. The first-order valence-corrected chi connectivity index (χ1v) is 8.01. The minimum atomic E-state index is -0.263. The van der Waals surface area contributed by atoms with Crippen LogP contribution in [0.15, 0.2) is 12.1 Å². The summed E-state index contributed by atoms with van der Waals surface area (Å²) in [6.07, 6.45) is 4.45. The Labute approximate surface area is 130 Å². The molecule has 0 saturated carbocycles. The number of amides is 1. The lowest BCUT2D eigenvalue weighted by Crippen LogP contribution is -2.15. The number of nitrogens with zero attached hydrogens (tertiary/aromatic N) is 5. The van der Waals surface area contributed by atoms with Crippen molar-refractivity contribution in [1.82, 2.24) is 24.8 Å². The number of aromatic nitrogens is 5. The topological polar surface area (TPSA) is 85.1 Å². The smallest absolute Gasteiger partial charge is 0.277 e. The predicted molar refractivity (Wildman–Crippen MR) is 82.2 cm³/mol. The van der Waals surface area contributed by atoms with E-state index in [4.69, 9.17) is 0 Å². The third-order valence-electron chi connectivity index (χ3n) is 3.72. The first kappa shape index (κ1) is 13.3. The van der Waals surface area contributed by atoms with Crippen LogP contribution < -0.4 is 5.32 Å². The van der Waals surface area contributed by atoms with E-state index in [1.54, 1.807) is 34.9 Å². The summed E-state index contributed by atoms with van der Waals surface area (Å²) >= 11 is 1.56. The molecule has 8 heteroatoms. The van der Waals surface area contributed by atoms with Gasteiger partial charge < -0.3 is 0 Å². The number of nitrogens with one attached hydrogen (secondary N) is 1. The van der Waals surface area contributed by atoms with Gasteiger partial charge in [-0.15, -0.1) is 21.5 Å². The van der Waals surface area contributed by atoms with Crippen LogP contribution in [-0.2, 0) is 12.8 Å². The molecule has 1 N–H and O–H groups in total. The summed E-state index contributed by atoms with van der Waals surface area (Å²) in [4.78, 5) is 18.1. The second-order valence-corrected chi connectivity index (χ2v) is 6.37. The highest BCUT2D eigenvalue weighted by Crippen LogP contribution is 2.29. The molecule has 1 amide bonds. The molecule has 0 saturated heterocycles. The zero-order chi connectivity index (χ0) is 15.1. The zero-order valence-electron chi connectivity index (χ0n) is 12.0. The van der Waals surface area contributed by atoms with Crippen LogP contribution in [0.1, 0.15) is 39.7 Å². The fourth-order valence-electron chi connectivity index (χ4n) is 2.58. The average molecular weight is 314 g/mol. The van der Waals surface area contributed by atoms with Gasteiger partial charge >= 0.3 is 0 Å². The minimum Gasteiger partial charge on any atom is -0.296 e. The molecule has 7 nitrogen and oxygen atoms in total. The molecule has 0 unspecified atom stereocenters. The number of carbonyl (C=O) groups excluding carboxylic acids is 1. The highest BCUT2D eigenvalue weighted by Gasteiger charge is 2.17. The van der Waals surface area contributed by atoms with E-state index in [-0.39, 0.29) is 5.91 Å². The third kappa shape index (κ3) is 2.25. The number of aryl methyl sites for hydroxylation is 3. The lowest BCUT2D eigenvalue weighted by atomic mass is 10.0. The van der Waals surface area contributed by atoms with Crippen LogP contribution in [0.3, 0.4) is 0 Å². The van der Waals surface area contributed by atoms with E-state index < -0.39 is 0 Å². The van der Waals surface area contributed by atoms with Gasteiger partial charge in [0.2, 0.25) is 0 Å². The van der Waals surface area contributed by atoms with Crippen molar-refractivity contribution >= 4 is 28.0 Å². The van der Waals surface area contributed by atoms with E-state index in [1.165, 1.54) is 17.7 Å². The van der Waals surface area contributed by atoms with Crippen molar-refractivity contribution in [2.75, 3.05) is 5.32 Å². The highest BCUT2D eigenvalue weighted by atomic mass is 32.1. The monoisotopic (exact) mass is 314 g/mol. The molecule has 0 radical (unpaired) electrons. The van der Waals surface area contributed by atoms with Crippen LogP contribution in [0.2, 0.25) is 0 Å². The Balaban J connectivity index is 1.60. The molecule has 0 spiro atoms. The van der Waals surface area contributed by atoms with Crippen LogP contribution >= 0.6 is 11.3 Å². The van der Waals surface area contributed by atoms with E-state index in [1.807, 2.05) is 0 Å². The predicted octanol–water partition coefficient (Wildman–Crippen LogP) is 2.02. The van der Waals surface area contributed by atoms with E-state index in [0.717, 1.165) is 18.5 Å². The Kier molecular flexibility index (Phi) is 3.11. The Morgan fingerprint density at radius 3 is 3.00 bits per heavy atom. The third-order valence-corrected chi connectivity index (χ3v) is 4.79. The van der Waals surface area contributed by atoms with E-state index >= 15 is 0 Å². The van der Waals surface area contributed by atoms with Gasteiger partial charge in [-0.2, -0.15) is 9.61 Å². The van der Waals surface area contributed by atoms with Crippen LogP contribution in [0.25, 0.3) is 5.65 Å². The Morgan fingerprint density at radius 2 is 2.14 bits per heavy atom. The molecule has 3 aromatic heterocycles. The number of rotatable bonds is 2. The van der Waals surface area contributed by atoms with Crippen LogP contribution in [0.5, 0.6) is 0 Å². The quantitative estimate of drug-likeness (QED) is 0.782. The fraction of sp³-hybridized carbons (Fsp3) is 0.357. The number of hydrogen-bond donors (Lipinski definition) is 1. The number of anilines is 1. The largest absolute Gasteiger partial charge is 0.296 e. The maximum Gasteiger partial charge on any atom is 0.277 e. The standard InChI is InChI=1S/C14H14N6OS/c1-8-17-18-12-7-6-10(19-20(8)12)13(21)16-14-15-9-4-2-3-5-11(9)22-14/h6-7H,2-5H2,1H3,(H,15,16,21). The molecule has 3 aromatic rings. The van der Waals surface area contributed by atoms with Gasteiger partial charge in [-0.1, -0.05) is 0 Å². The summed E-state index contributed by atoms with van der Waals surface area (Å²) in [5.41, 5.74) is 2.08. The van der Waals surface area contributed by atoms with Crippen LogP contribution in [0, 0.1) is 6.92 Å². The lowest BCUT2D eigenvalue weighted by molar-refractivity contribution is 0.102. The second kappa shape index (κ2) is 5.13. The number of fused-ring (bicyclic) bond motifs is 2. The van der Waals surface area contributed by atoms with Crippen molar-refractivity contribution in [3.63, 3.8) is 0 Å². The van der Waals surface area contributed by atoms with E-state index in [0.29, 0.717) is 22.3 Å². The number of hydrogen-bond acceptors (Lipinski definition) is 6. The molecular formula is C14H14N6OS. The normalized spacial score (nSPS) is 14.0.